The van der Waals surface area contributed by atoms with Gasteiger partial charge in [0, 0.05) is 12.1 Å². The molecule has 1 aromatic carbocycles. The molecule has 1 N–H and O–H groups in total. The van der Waals surface area contributed by atoms with Crippen molar-refractivity contribution in [3.05, 3.63) is 23.0 Å². The second-order valence-corrected chi connectivity index (χ2v) is 4.60. The number of nitrogens with one attached hydrogen (secondary N) is 1. The second kappa shape index (κ2) is 3.35. The van der Waals surface area contributed by atoms with E-state index in [2.05, 4.69) is 5.32 Å². The fourth-order valence-corrected chi connectivity index (χ4v) is 2.18. The highest BCUT2D eigenvalue weighted by Crippen LogP contribution is 2.39. The maximum absolute atomic E-state index is 13.4. The summed E-state index contributed by atoms with van der Waals surface area (Å²) in [5, 5.41) is 2.75. The van der Waals surface area contributed by atoms with E-state index in [1.54, 1.807) is 0 Å². The first-order valence-corrected chi connectivity index (χ1v) is 5.58. The third kappa shape index (κ3) is 1.53. The Labute approximate surface area is 97.2 Å². The Morgan fingerprint density at radius 3 is 2.88 bits per heavy atom. The molecule has 1 heterocycles. The number of halogens is 2. The Balaban J connectivity index is 2.09. The van der Waals surface area contributed by atoms with E-state index < -0.39 is 5.82 Å². The molecule has 0 unspecified atom stereocenters. The van der Waals surface area contributed by atoms with Crippen LogP contribution < -0.4 is 10.2 Å². The lowest BCUT2D eigenvalue weighted by atomic mass is 10.2. The molecule has 3 nitrogen and oxygen atoms in total. The number of amides is 1. The van der Waals surface area contributed by atoms with Crippen molar-refractivity contribution in [1.29, 1.82) is 0 Å². The average molecular weight is 241 g/mol. The van der Waals surface area contributed by atoms with Crippen molar-refractivity contribution in [3.8, 4) is 0 Å². The molecule has 0 atom stereocenters. The molecule has 1 amide bonds. The van der Waals surface area contributed by atoms with E-state index in [0.29, 0.717) is 18.3 Å². The van der Waals surface area contributed by atoms with Crippen molar-refractivity contribution in [2.45, 2.75) is 18.9 Å². The van der Waals surface area contributed by atoms with E-state index in [1.807, 2.05) is 4.90 Å². The van der Waals surface area contributed by atoms with Crippen LogP contribution in [0.3, 0.4) is 0 Å². The van der Waals surface area contributed by atoms with Gasteiger partial charge >= 0.3 is 0 Å². The van der Waals surface area contributed by atoms with Gasteiger partial charge in [-0.05, 0) is 18.9 Å². The Hall–Kier alpha value is -1.29. The van der Waals surface area contributed by atoms with E-state index in [0.717, 1.165) is 18.5 Å². The lowest BCUT2D eigenvalue weighted by Crippen LogP contribution is -2.39. The van der Waals surface area contributed by atoms with Gasteiger partial charge in [-0.25, -0.2) is 4.39 Å². The Bertz CT molecular complexity index is 473. The van der Waals surface area contributed by atoms with Crippen LogP contribution in [0, 0.1) is 5.82 Å². The van der Waals surface area contributed by atoms with Crippen LogP contribution in [0.1, 0.15) is 12.8 Å². The van der Waals surface area contributed by atoms with Crippen LogP contribution in [0.25, 0.3) is 0 Å². The number of benzene rings is 1. The molecule has 1 aliphatic carbocycles. The highest BCUT2D eigenvalue weighted by Gasteiger charge is 2.35. The van der Waals surface area contributed by atoms with Gasteiger partial charge in [-0.3, -0.25) is 4.79 Å². The van der Waals surface area contributed by atoms with Gasteiger partial charge in [0.1, 0.15) is 5.82 Å². The highest BCUT2D eigenvalue weighted by molar-refractivity contribution is 6.31. The third-order valence-corrected chi connectivity index (χ3v) is 3.21. The topological polar surface area (TPSA) is 32.3 Å². The van der Waals surface area contributed by atoms with Crippen molar-refractivity contribution in [3.63, 3.8) is 0 Å². The van der Waals surface area contributed by atoms with E-state index in [4.69, 9.17) is 11.6 Å². The second-order valence-electron chi connectivity index (χ2n) is 4.19. The number of carbonyl (C=O) groups excluding carboxylic acids is 1. The summed E-state index contributed by atoms with van der Waals surface area (Å²) in [5.74, 6) is -0.510. The molecule has 5 heteroatoms. The van der Waals surface area contributed by atoms with E-state index in [-0.39, 0.29) is 10.9 Å². The molecule has 84 valence electrons. The Kier molecular flexibility index (Phi) is 2.07. The smallest absolute Gasteiger partial charge is 0.243 e. The van der Waals surface area contributed by atoms with Crippen LogP contribution in [0.2, 0.25) is 5.02 Å². The van der Waals surface area contributed by atoms with Gasteiger partial charge in [0.2, 0.25) is 5.91 Å². The van der Waals surface area contributed by atoms with Crippen LogP contribution in [-0.2, 0) is 4.79 Å². The summed E-state index contributed by atoms with van der Waals surface area (Å²) in [6.45, 7) is 0.304. The largest absolute Gasteiger partial charge is 0.357 e. The van der Waals surface area contributed by atoms with Gasteiger partial charge in [-0.2, -0.15) is 0 Å². The molecule has 0 spiro atoms. The lowest BCUT2D eigenvalue weighted by Gasteiger charge is -2.31. The third-order valence-electron chi connectivity index (χ3n) is 2.92. The minimum Gasteiger partial charge on any atom is -0.357 e. The first kappa shape index (κ1) is 9.90. The summed E-state index contributed by atoms with van der Waals surface area (Å²) in [5.41, 5.74) is 1.35. The number of carbonyl (C=O) groups is 1. The average Bonchev–Trinajstić information content (AvgIpc) is 3.03. The standard InChI is InChI=1S/C11H10ClFN2O/c12-7-3-9-10(4-8(7)13)15(6-1-2-6)5-11(16)14-9/h3-4,6H,1-2,5H2,(H,14,16). The summed E-state index contributed by atoms with van der Waals surface area (Å²) >= 11 is 5.69. The molecule has 0 saturated heterocycles. The zero-order valence-corrected chi connectivity index (χ0v) is 9.22. The summed E-state index contributed by atoms with van der Waals surface area (Å²) in [6, 6.07) is 3.25. The van der Waals surface area contributed by atoms with Crippen LogP contribution in [0.15, 0.2) is 12.1 Å². The fraction of sp³-hybridized carbons (Fsp3) is 0.364. The summed E-state index contributed by atoms with van der Waals surface area (Å²) in [4.78, 5) is 13.4. The van der Waals surface area contributed by atoms with Crippen LogP contribution in [0.4, 0.5) is 15.8 Å². The van der Waals surface area contributed by atoms with Crippen molar-refractivity contribution in [2.24, 2.45) is 0 Å². The van der Waals surface area contributed by atoms with E-state index >= 15 is 0 Å². The summed E-state index contributed by atoms with van der Waals surface area (Å²) in [7, 11) is 0. The van der Waals surface area contributed by atoms with Gasteiger partial charge in [-0.15, -0.1) is 0 Å². The molecule has 0 aromatic heterocycles. The van der Waals surface area contributed by atoms with Gasteiger partial charge in [-0.1, -0.05) is 11.6 Å². The molecule has 1 saturated carbocycles. The normalized spacial score (nSPS) is 19.4. The molecule has 0 bridgehead atoms. The van der Waals surface area contributed by atoms with E-state index in [1.165, 1.54) is 12.1 Å². The molecule has 1 aliphatic heterocycles. The molecular weight excluding hydrogens is 231 g/mol. The molecule has 1 fully saturated rings. The van der Waals surface area contributed by atoms with E-state index in [9.17, 15) is 9.18 Å². The monoisotopic (exact) mass is 240 g/mol. The van der Waals surface area contributed by atoms with Gasteiger partial charge in [0.05, 0.1) is 22.9 Å². The summed E-state index contributed by atoms with van der Waals surface area (Å²) in [6.07, 6.45) is 2.13. The maximum Gasteiger partial charge on any atom is 0.243 e. The van der Waals surface area contributed by atoms with Crippen molar-refractivity contribution in [2.75, 3.05) is 16.8 Å². The maximum atomic E-state index is 13.4. The van der Waals surface area contributed by atoms with Gasteiger partial charge in [0.15, 0.2) is 0 Å². The molecule has 3 rings (SSSR count). The van der Waals surface area contributed by atoms with Gasteiger partial charge < -0.3 is 10.2 Å². The molecule has 2 aliphatic rings. The molecule has 16 heavy (non-hydrogen) atoms. The van der Waals surface area contributed by atoms with Gasteiger partial charge in [0.25, 0.3) is 0 Å². The first-order chi connectivity index (χ1) is 7.65. The predicted molar refractivity (Wildman–Crippen MR) is 60.4 cm³/mol. The lowest BCUT2D eigenvalue weighted by molar-refractivity contribution is -0.115. The summed E-state index contributed by atoms with van der Waals surface area (Å²) < 4.78 is 13.4. The number of anilines is 2. The van der Waals surface area contributed by atoms with Crippen LogP contribution in [0.5, 0.6) is 0 Å². The van der Waals surface area contributed by atoms with Crippen molar-refractivity contribution in [1.82, 2.24) is 0 Å². The highest BCUT2D eigenvalue weighted by atomic mass is 35.5. The molecular formula is C11H10ClFN2O. The minimum absolute atomic E-state index is 0.0386. The zero-order valence-electron chi connectivity index (χ0n) is 8.46. The first-order valence-electron chi connectivity index (χ1n) is 5.20. The van der Waals surface area contributed by atoms with Crippen molar-refractivity contribution < 1.29 is 9.18 Å². The fourth-order valence-electron chi connectivity index (χ4n) is 2.02. The number of hydrogen-bond acceptors (Lipinski definition) is 2. The number of rotatable bonds is 1. The Morgan fingerprint density at radius 2 is 2.19 bits per heavy atom. The zero-order chi connectivity index (χ0) is 11.3. The van der Waals surface area contributed by atoms with Crippen LogP contribution in [-0.4, -0.2) is 18.5 Å². The minimum atomic E-state index is -0.442. The van der Waals surface area contributed by atoms with Crippen LogP contribution >= 0.6 is 11.6 Å². The van der Waals surface area contributed by atoms with Crippen molar-refractivity contribution >= 4 is 28.9 Å². The predicted octanol–water partition coefficient (Wildman–Crippen LogP) is 2.40. The number of nitrogens with zero attached hydrogens (tertiary/aromatic N) is 1. The molecule has 1 aromatic rings. The Morgan fingerprint density at radius 1 is 1.44 bits per heavy atom. The SMILES string of the molecule is O=C1CN(C2CC2)c2cc(F)c(Cl)cc2N1. The number of hydrogen-bond donors (Lipinski definition) is 1. The number of fused-ring (bicyclic) bond motifs is 1. The molecule has 0 radical (unpaired) electrons. The quantitative estimate of drug-likeness (QED) is 0.818.